The highest BCUT2D eigenvalue weighted by Gasteiger charge is 2.14. The zero-order valence-corrected chi connectivity index (χ0v) is 18.6. The average Bonchev–Trinajstić information content (AvgIpc) is 2.83. The van der Waals surface area contributed by atoms with Gasteiger partial charge in [0.2, 0.25) is 0 Å². The van der Waals surface area contributed by atoms with Gasteiger partial charge in [-0.05, 0) is 66.8 Å². The molecule has 1 aliphatic heterocycles. The summed E-state index contributed by atoms with van der Waals surface area (Å²) in [5, 5.41) is 1.17. The number of rotatable bonds is 6. The molecular formula is C29H30N2. The van der Waals surface area contributed by atoms with E-state index in [-0.39, 0.29) is 0 Å². The van der Waals surface area contributed by atoms with Crippen LogP contribution in [-0.2, 0) is 0 Å². The minimum Gasteiger partial charge on any atom is -0.341 e. The molecule has 0 N–H and O–H groups in total. The molecule has 2 heteroatoms. The molecule has 2 heterocycles. The number of likely N-dealkylation sites (N-methyl/N-ethyl adjacent to an activating group) is 1. The summed E-state index contributed by atoms with van der Waals surface area (Å²) in [6.07, 6.45) is 14.4. The third-order valence-corrected chi connectivity index (χ3v) is 5.98. The summed E-state index contributed by atoms with van der Waals surface area (Å²) in [5.74, 6) is 0.475. The molecule has 0 fully saturated rings. The first-order chi connectivity index (χ1) is 15.2. The molecule has 0 aliphatic carbocycles. The number of fused-ring (bicyclic) bond motifs is 2. The van der Waals surface area contributed by atoms with E-state index in [4.69, 9.17) is 4.98 Å². The SMILES string of the molecule is CCC(C)C(C=Cc1ccc2ccccc2n1)=CC=C1C=Cc2ccccc2N1CC. The van der Waals surface area contributed by atoms with Gasteiger partial charge in [0.15, 0.2) is 0 Å². The van der Waals surface area contributed by atoms with Crippen LogP contribution in [0, 0.1) is 5.92 Å². The van der Waals surface area contributed by atoms with Crippen LogP contribution in [0.3, 0.4) is 0 Å². The fourth-order valence-electron chi connectivity index (χ4n) is 3.93. The first-order valence-corrected chi connectivity index (χ1v) is 11.2. The zero-order valence-electron chi connectivity index (χ0n) is 18.6. The number of anilines is 1. The number of hydrogen-bond donors (Lipinski definition) is 0. The summed E-state index contributed by atoms with van der Waals surface area (Å²) in [6.45, 7) is 7.67. The molecule has 1 aliphatic rings. The van der Waals surface area contributed by atoms with Crippen molar-refractivity contribution in [3.8, 4) is 0 Å². The molecule has 0 bridgehead atoms. The van der Waals surface area contributed by atoms with Gasteiger partial charge in [-0.25, -0.2) is 4.98 Å². The Bertz CT molecular complexity index is 1180. The Morgan fingerprint density at radius 3 is 2.61 bits per heavy atom. The Hall–Kier alpha value is -3.39. The molecule has 3 aromatic rings. The van der Waals surface area contributed by atoms with Crippen molar-refractivity contribution in [3.05, 3.63) is 107 Å². The molecule has 0 radical (unpaired) electrons. The van der Waals surface area contributed by atoms with Gasteiger partial charge in [0.1, 0.15) is 0 Å². The number of hydrogen-bond acceptors (Lipinski definition) is 2. The van der Waals surface area contributed by atoms with Gasteiger partial charge >= 0.3 is 0 Å². The van der Waals surface area contributed by atoms with E-state index in [1.807, 2.05) is 6.07 Å². The number of nitrogens with zero attached hydrogens (tertiary/aromatic N) is 2. The van der Waals surface area contributed by atoms with E-state index in [1.54, 1.807) is 0 Å². The van der Waals surface area contributed by atoms with Crippen molar-refractivity contribution in [1.82, 2.24) is 4.98 Å². The third-order valence-electron chi connectivity index (χ3n) is 5.98. The van der Waals surface area contributed by atoms with Gasteiger partial charge in [0.25, 0.3) is 0 Å². The minimum absolute atomic E-state index is 0.475. The van der Waals surface area contributed by atoms with Crippen molar-refractivity contribution in [2.75, 3.05) is 11.4 Å². The molecule has 1 aromatic heterocycles. The largest absolute Gasteiger partial charge is 0.341 e. The second-order valence-corrected chi connectivity index (χ2v) is 7.97. The Labute approximate surface area is 185 Å². The van der Waals surface area contributed by atoms with Gasteiger partial charge < -0.3 is 4.90 Å². The molecule has 2 aromatic carbocycles. The highest BCUT2D eigenvalue weighted by atomic mass is 15.1. The summed E-state index contributed by atoms with van der Waals surface area (Å²) in [4.78, 5) is 7.15. The van der Waals surface area contributed by atoms with E-state index >= 15 is 0 Å². The van der Waals surface area contributed by atoms with Crippen LogP contribution in [0.25, 0.3) is 23.1 Å². The fraction of sp³-hybridized carbons (Fsp3) is 0.207. The van der Waals surface area contributed by atoms with Gasteiger partial charge in [0.05, 0.1) is 11.2 Å². The van der Waals surface area contributed by atoms with Crippen LogP contribution in [0.1, 0.15) is 38.4 Å². The summed E-state index contributed by atoms with van der Waals surface area (Å²) in [5.41, 5.74) is 7.10. The van der Waals surface area contributed by atoms with Gasteiger partial charge in [-0.15, -0.1) is 0 Å². The first kappa shape index (κ1) is 20.9. The normalized spacial score (nSPS) is 16.3. The van der Waals surface area contributed by atoms with Crippen molar-refractivity contribution in [2.24, 2.45) is 5.92 Å². The number of allylic oxidation sites excluding steroid dienone is 5. The molecule has 4 rings (SSSR count). The number of pyridine rings is 1. The predicted molar refractivity (Wildman–Crippen MR) is 135 cm³/mol. The van der Waals surface area contributed by atoms with Crippen LogP contribution in [-0.4, -0.2) is 11.5 Å². The Morgan fingerprint density at radius 2 is 1.77 bits per heavy atom. The van der Waals surface area contributed by atoms with Crippen molar-refractivity contribution < 1.29 is 0 Å². The quantitative estimate of drug-likeness (QED) is 0.391. The predicted octanol–water partition coefficient (Wildman–Crippen LogP) is 7.66. The van der Waals surface area contributed by atoms with Crippen LogP contribution in [0.4, 0.5) is 5.69 Å². The Kier molecular flexibility index (Phi) is 6.47. The highest BCUT2D eigenvalue weighted by Crippen LogP contribution is 2.30. The summed E-state index contributed by atoms with van der Waals surface area (Å²) in [7, 11) is 0. The maximum Gasteiger partial charge on any atom is 0.0709 e. The van der Waals surface area contributed by atoms with Crippen LogP contribution < -0.4 is 4.90 Å². The summed E-state index contributed by atoms with van der Waals surface area (Å²) in [6, 6.07) is 21.0. The fourth-order valence-corrected chi connectivity index (χ4v) is 3.93. The van der Waals surface area contributed by atoms with Crippen molar-refractivity contribution in [1.29, 1.82) is 0 Å². The molecule has 0 saturated carbocycles. The molecule has 156 valence electrons. The van der Waals surface area contributed by atoms with E-state index < -0.39 is 0 Å². The van der Waals surface area contributed by atoms with Crippen LogP contribution in [0.15, 0.2) is 96.2 Å². The lowest BCUT2D eigenvalue weighted by molar-refractivity contribution is 0.671. The second-order valence-electron chi connectivity index (χ2n) is 7.97. The van der Waals surface area contributed by atoms with Gasteiger partial charge in [-0.2, -0.15) is 0 Å². The Morgan fingerprint density at radius 1 is 0.968 bits per heavy atom. The average molecular weight is 407 g/mol. The second kappa shape index (κ2) is 9.61. The lowest BCUT2D eigenvalue weighted by Gasteiger charge is -2.29. The minimum atomic E-state index is 0.475. The maximum atomic E-state index is 4.78. The number of aromatic nitrogens is 1. The first-order valence-electron chi connectivity index (χ1n) is 11.2. The van der Waals surface area contributed by atoms with Crippen molar-refractivity contribution in [2.45, 2.75) is 27.2 Å². The topological polar surface area (TPSA) is 16.1 Å². The van der Waals surface area contributed by atoms with E-state index in [1.165, 1.54) is 27.9 Å². The zero-order chi connectivity index (χ0) is 21.6. The molecule has 1 unspecified atom stereocenters. The van der Waals surface area contributed by atoms with Crippen LogP contribution in [0.5, 0.6) is 0 Å². The summed E-state index contributed by atoms with van der Waals surface area (Å²) >= 11 is 0. The van der Waals surface area contributed by atoms with Gasteiger partial charge in [-0.1, -0.05) is 74.5 Å². The molecule has 0 saturated heterocycles. The number of benzene rings is 2. The standard InChI is InChI=1S/C29H30N2/c1-4-22(3)23(14-18-26-19-15-24-10-6-8-12-28(24)30-26)16-20-27-21-17-25-11-7-9-13-29(25)31(27)5-2/h6-22H,4-5H2,1-3H3. The lowest BCUT2D eigenvalue weighted by Crippen LogP contribution is -2.23. The van der Waals surface area contributed by atoms with Crippen LogP contribution in [0.2, 0.25) is 0 Å². The van der Waals surface area contributed by atoms with Crippen LogP contribution >= 0.6 is 0 Å². The van der Waals surface area contributed by atoms with E-state index in [9.17, 15) is 0 Å². The van der Waals surface area contributed by atoms with Gasteiger partial charge in [-0.3, -0.25) is 0 Å². The van der Waals surface area contributed by atoms with Crippen molar-refractivity contribution in [3.63, 3.8) is 0 Å². The molecular weight excluding hydrogens is 376 g/mol. The van der Waals surface area contributed by atoms with E-state index in [0.717, 1.165) is 24.2 Å². The molecule has 0 spiro atoms. The van der Waals surface area contributed by atoms with E-state index in [2.05, 4.69) is 117 Å². The van der Waals surface area contributed by atoms with Crippen molar-refractivity contribution >= 4 is 28.7 Å². The maximum absolute atomic E-state index is 4.78. The smallest absolute Gasteiger partial charge is 0.0709 e. The monoisotopic (exact) mass is 406 g/mol. The number of para-hydroxylation sites is 2. The van der Waals surface area contributed by atoms with E-state index in [0.29, 0.717) is 5.92 Å². The molecule has 1 atom stereocenters. The Balaban J connectivity index is 1.63. The molecule has 0 amide bonds. The summed E-state index contributed by atoms with van der Waals surface area (Å²) < 4.78 is 0. The van der Waals surface area contributed by atoms with Gasteiger partial charge in [0, 0.05) is 23.3 Å². The lowest BCUT2D eigenvalue weighted by atomic mass is 9.96. The molecule has 31 heavy (non-hydrogen) atoms. The highest BCUT2D eigenvalue weighted by molar-refractivity contribution is 5.79. The molecule has 2 nitrogen and oxygen atoms in total. The third kappa shape index (κ3) is 4.69.